The summed E-state index contributed by atoms with van der Waals surface area (Å²) in [7, 11) is 0. The summed E-state index contributed by atoms with van der Waals surface area (Å²) < 4.78 is 11.4. The van der Waals surface area contributed by atoms with Crippen molar-refractivity contribution in [2.45, 2.75) is 12.8 Å². The number of halogens is 2. The Bertz CT molecular complexity index is 749. The zero-order valence-corrected chi connectivity index (χ0v) is 14.4. The fourth-order valence-corrected chi connectivity index (χ4v) is 2.86. The lowest BCUT2D eigenvalue weighted by atomic mass is 10.0. The molecule has 0 saturated heterocycles. The maximum atomic E-state index is 5.94. The van der Waals surface area contributed by atoms with Gasteiger partial charge in [-0.3, -0.25) is 0 Å². The Hall–Kier alpha value is -1.45. The number of hydrogen-bond donors (Lipinski definition) is 0. The van der Waals surface area contributed by atoms with Crippen molar-refractivity contribution in [3.8, 4) is 16.9 Å². The van der Waals surface area contributed by atoms with Gasteiger partial charge in [-0.05, 0) is 42.7 Å². The van der Waals surface area contributed by atoms with Gasteiger partial charge in [0.2, 0.25) is 0 Å². The fraction of sp³-hybridized carbons (Fsp3) is 0.222. The van der Waals surface area contributed by atoms with Crippen LogP contribution in [0.3, 0.4) is 0 Å². The molecule has 4 heteroatoms. The van der Waals surface area contributed by atoms with Gasteiger partial charge in [-0.15, -0.1) is 0 Å². The molecule has 0 amide bonds. The van der Waals surface area contributed by atoms with Gasteiger partial charge in [0, 0.05) is 27.4 Å². The molecule has 0 bridgehead atoms. The van der Waals surface area contributed by atoms with Crippen molar-refractivity contribution in [2.24, 2.45) is 0 Å². The van der Waals surface area contributed by atoms with Crippen LogP contribution in [0.4, 0.5) is 0 Å². The highest BCUT2D eigenvalue weighted by molar-refractivity contribution is 9.09. The summed E-state index contributed by atoms with van der Waals surface area (Å²) in [6, 6.07) is 13.7. The topological polar surface area (TPSA) is 22.4 Å². The number of furan rings is 1. The maximum absolute atomic E-state index is 5.94. The normalized spacial score (nSPS) is 11.0. The van der Waals surface area contributed by atoms with Crippen LogP contribution in [-0.2, 0) is 0 Å². The minimum absolute atomic E-state index is 0.724. The molecular weight excluding hydrogens is 364 g/mol. The Morgan fingerprint density at radius 2 is 1.86 bits per heavy atom. The van der Waals surface area contributed by atoms with Crippen molar-refractivity contribution in [3.05, 3.63) is 53.8 Å². The van der Waals surface area contributed by atoms with E-state index in [-0.39, 0.29) is 0 Å². The average Bonchev–Trinajstić information content (AvgIpc) is 2.95. The Labute approximate surface area is 143 Å². The molecule has 0 N–H and O–H groups in total. The lowest BCUT2D eigenvalue weighted by Gasteiger charge is -2.05. The van der Waals surface area contributed by atoms with E-state index in [9.17, 15) is 0 Å². The van der Waals surface area contributed by atoms with Gasteiger partial charge in [0.1, 0.15) is 11.3 Å². The third kappa shape index (κ3) is 3.47. The first kappa shape index (κ1) is 15.4. The molecule has 0 radical (unpaired) electrons. The van der Waals surface area contributed by atoms with E-state index in [2.05, 4.69) is 15.9 Å². The van der Waals surface area contributed by atoms with Gasteiger partial charge in [0.15, 0.2) is 0 Å². The molecule has 2 aromatic carbocycles. The lowest BCUT2D eigenvalue weighted by Crippen LogP contribution is -1.97. The minimum atomic E-state index is 0.724. The largest absolute Gasteiger partial charge is 0.493 e. The Kier molecular flexibility index (Phi) is 5.06. The Morgan fingerprint density at radius 3 is 2.64 bits per heavy atom. The van der Waals surface area contributed by atoms with E-state index in [1.54, 1.807) is 6.26 Å². The molecule has 1 aromatic heterocycles. The first-order chi connectivity index (χ1) is 10.8. The summed E-state index contributed by atoms with van der Waals surface area (Å²) in [6.45, 7) is 0.724. The molecule has 0 aliphatic rings. The summed E-state index contributed by atoms with van der Waals surface area (Å²) in [5.74, 6) is 0.846. The first-order valence-corrected chi connectivity index (χ1v) is 8.74. The molecule has 0 atom stereocenters. The minimum Gasteiger partial charge on any atom is -0.493 e. The van der Waals surface area contributed by atoms with Gasteiger partial charge in [0.05, 0.1) is 12.9 Å². The molecule has 1 heterocycles. The van der Waals surface area contributed by atoms with E-state index in [0.717, 1.165) is 57.6 Å². The van der Waals surface area contributed by atoms with Crippen LogP contribution in [0.2, 0.25) is 5.02 Å². The van der Waals surface area contributed by atoms with Crippen molar-refractivity contribution < 1.29 is 9.15 Å². The molecule has 0 unspecified atom stereocenters. The van der Waals surface area contributed by atoms with Crippen LogP contribution in [-0.4, -0.2) is 11.9 Å². The van der Waals surface area contributed by atoms with E-state index in [0.29, 0.717) is 0 Å². The van der Waals surface area contributed by atoms with Gasteiger partial charge in [-0.25, -0.2) is 0 Å². The number of fused-ring (bicyclic) bond motifs is 1. The number of benzene rings is 2. The van der Waals surface area contributed by atoms with Crippen molar-refractivity contribution >= 4 is 38.5 Å². The average molecular weight is 380 g/mol. The van der Waals surface area contributed by atoms with E-state index in [4.69, 9.17) is 20.8 Å². The number of unbranched alkanes of at least 4 members (excludes halogenated alkanes) is 1. The highest BCUT2D eigenvalue weighted by Gasteiger charge is 2.09. The van der Waals surface area contributed by atoms with Crippen molar-refractivity contribution in [3.63, 3.8) is 0 Å². The zero-order valence-electron chi connectivity index (χ0n) is 12.0. The highest BCUT2D eigenvalue weighted by Crippen LogP contribution is 2.33. The van der Waals surface area contributed by atoms with Crippen molar-refractivity contribution in [2.75, 3.05) is 11.9 Å². The summed E-state index contributed by atoms with van der Waals surface area (Å²) in [5, 5.41) is 2.82. The summed E-state index contributed by atoms with van der Waals surface area (Å²) in [4.78, 5) is 0. The molecule has 0 aliphatic carbocycles. The second-order valence-electron chi connectivity index (χ2n) is 5.06. The first-order valence-electron chi connectivity index (χ1n) is 7.24. The van der Waals surface area contributed by atoms with Gasteiger partial charge >= 0.3 is 0 Å². The Morgan fingerprint density at radius 1 is 1.05 bits per heavy atom. The Balaban J connectivity index is 1.81. The monoisotopic (exact) mass is 378 g/mol. The van der Waals surface area contributed by atoms with Crippen molar-refractivity contribution in [1.82, 2.24) is 0 Å². The predicted octanol–water partition coefficient (Wildman–Crippen LogP) is 6.31. The second kappa shape index (κ2) is 7.21. The number of alkyl halides is 1. The van der Waals surface area contributed by atoms with E-state index in [1.165, 1.54) is 0 Å². The van der Waals surface area contributed by atoms with Crippen LogP contribution in [0.15, 0.2) is 53.1 Å². The molecule has 114 valence electrons. The van der Waals surface area contributed by atoms with E-state index in [1.807, 2.05) is 42.5 Å². The van der Waals surface area contributed by atoms with Crippen molar-refractivity contribution in [1.29, 1.82) is 0 Å². The predicted molar refractivity (Wildman–Crippen MR) is 95.2 cm³/mol. The van der Waals surface area contributed by atoms with Gasteiger partial charge in [0.25, 0.3) is 0 Å². The van der Waals surface area contributed by atoms with Crippen LogP contribution in [0.1, 0.15) is 12.8 Å². The molecule has 0 spiro atoms. The van der Waals surface area contributed by atoms with E-state index >= 15 is 0 Å². The van der Waals surface area contributed by atoms with E-state index < -0.39 is 0 Å². The smallest absolute Gasteiger partial charge is 0.138 e. The van der Waals surface area contributed by atoms with Crippen LogP contribution < -0.4 is 4.74 Å². The zero-order chi connectivity index (χ0) is 15.4. The van der Waals surface area contributed by atoms with Gasteiger partial charge < -0.3 is 9.15 Å². The van der Waals surface area contributed by atoms with Crippen LogP contribution in [0.5, 0.6) is 5.75 Å². The van der Waals surface area contributed by atoms with Gasteiger partial charge in [-0.2, -0.15) is 0 Å². The lowest BCUT2D eigenvalue weighted by molar-refractivity contribution is 0.310. The summed E-state index contributed by atoms with van der Waals surface area (Å²) in [5.41, 5.74) is 2.99. The van der Waals surface area contributed by atoms with Crippen LogP contribution in [0.25, 0.3) is 22.1 Å². The van der Waals surface area contributed by atoms with Gasteiger partial charge in [-0.1, -0.05) is 39.7 Å². The second-order valence-corrected chi connectivity index (χ2v) is 6.29. The molecule has 3 aromatic rings. The number of hydrogen-bond acceptors (Lipinski definition) is 2. The SMILES string of the molecule is Clc1ccc(-c2coc3cc(OCCCCBr)ccc23)cc1. The maximum Gasteiger partial charge on any atom is 0.138 e. The molecule has 0 saturated carbocycles. The molecule has 3 rings (SSSR count). The van der Waals surface area contributed by atoms with Crippen LogP contribution >= 0.6 is 27.5 Å². The molecule has 22 heavy (non-hydrogen) atoms. The molecule has 2 nitrogen and oxygen atoms in total. The highest BCUT2D eigenvalue weighted by atomic mass is 79.9. The fourth-order valence-electron chi connectivity index (χ4n) is 2.34. The quantitative estimate of drug-likeness (QED) is 0.370. The standard InChI is InChI=1S/C18H16BrClO2/c19-9-1-2-10-21-15-7-8-16-17(12-22-18(16)11-15)13-3-5-14(20)6-4-13/h3-8,11-12H,1-2,9-10H2. The molecule has 0 fully saturated rings. The third-order valence-corrected chi connectivity index (χ3v) is 4.31. The summed E-state index contributed by atoms with van der Waals surface area (Å²) in [6.07, 6.45) is 3.93. The molecular formula is C18H16BrClO2. The summed E-state index contributed by atoms with van der Waals surface area (Å²) >= 11 is 9.36. The number of ether oxygens (including phenoxy) is 1. The third-order valence-electron chi connectivity index (χ3n) is 3.50. The molecule has 0 aliphatic heterocycles. The van der Waals surface area contributed by atoms with Crippen LogP contribution in [0, 0.1) is 0 Å². The number of rotatable bonds is 6.